The highest BCUT2D eigenvalue weighted by Crippen LogP contribution is 2.45. The molecule has 0 spiro atoms. The van der Waals surface area contributed by atoms with Gasteiger partial charge < -0.3 is 4.90 Å². The molecule has 3 aliphatic rings. The molecule has 2 aromatic rings. The molecule has 3 heterocycles. The van der Waals surface area contributed by atoms with Crippen molar-refractivity contribution >= 4 is 21.6 Å². The first-order chi connectivity index (χ1) is 14.3. The molecule has 2 aliphatic heterocycles. The van der Waals surface area contributed by atoms with Gasteiger partial charge in [-0.3, -0.25) is 9.10 Å². The number of benzene rings is 1. The largest absolute Gasteiger partial charge is 0.335 e. The molecular formula is C22H26N4O3S. The minimum absolute atomic E-state index is 0.0315. The molecule has 0 unspecified atom stereocenters. The lowest BCUT2D eigenvalue weighted by Crippen LogP contribution is -2.57. The Morgan fingerprint density at radius 3 is 2.83 bits per heavy atom. The monoisotopic (exact) mass is 426 g/mol. The Morgan fingerprint density at radius 1 is 1.20 bits per heavy atom. The molecule has 7 nitrogen and oxygen atoms in total. The fourth-order valence-corrected chi connectivity index (χ4v) is 6.60. The Kier molecular flexibility index (Phi) is 4.39. The molecule has 158 valence electrons. The molecular weight excluding hydrogens is 400 g/mol. The van der Waals surface area contributed by atoms with Crippen molar-refractivity contribution < 1.29 is 13.2 Å². The number of aryl methyl sites for hydroxylation is 1. The molecule has 30 heavy (non-hydrogen) atoms. The van der Waals surface area contributed by atoms with Gasteiger partial charge in [-0.15, -0.1) is 0 Å². The third-order valence-corrected chi connectivity index (χ3v) is 8.24. The van der Waals surface area contributed by atoms with Crippen LogP contribution in [0.3, 0.4) is 0 Å². The number of carbonyl (C=O) groups is 1. The average molecular weight is 427 g/mol. The summed E-state index contributed by atoms with van der Waals surface area (Å²) in [7, 11) is -3.30. The number of rotatable bonds is 2. The Balaban J connectivity index is 1.46. The van der Waals surface area contributed by atoms with Crippen LogP contribution in [-0.4, -0.2) is 54.6 Å². The first kappa shape index (κ1) is 19.5. The summed E-state index contributed by atoms with van der Waals surface area (Å²) in [4.78, 5) is 24.4. The second-order valence-electron chi connectivity index (χ2n) is 8.90. The van der Waals surface area contributed by atoms with Crippen LogP contribution in [0, 0.1) is 0 Å². The van der Waals surface area contributed by atoms with Crippen molar-refractivity contribution in [3.8, 4) is 0 Å². The fourth-order valence-electron chi connectivity index (χ4n) is 5.64. The molecule has 0 radical (unpaired) electrons. The number of fused-ring (bicyclic) bond motifs is 4. The van der Waals surface area contributed by atoms with Crippen molar-refractivity contribution in [3.63, 3.8) is 0 Å². The van der Waals surface area contributed by atoms with Gasteiger partial charge in [0, 0.05) is 36.3 Å². The van der Waals surface area contributed by atoms with Gasteiger partial charge in [-0.25, -0.2) is 18.4 Å². The quantitative estimate of drug-likeness (QED) is 0.736. The van der Waals surface area contributed by atoms with Crippen LogP contribution < -0.4 is 4.31 Å². The van der Waals surface area contributed by atoms with Crippen LogP contribution in [0.15, 0.2) is 30.7 Å². The van der Waals surface area contributed by atoms with Gasteiger partial charge in [0.1, 0.15) is 6.33 Å². The molecule has 1 aromatic carbocycles. The molecule has 1 aromatic heterocycles. The number of piperidine rings is 1. The van der Waals surface area contributed by atoms with Crippen LogP contribution in [0.2, 0.25) is 0 Å². The number of amides is 1. The standard InChI is InChI=1S/C22H26N4O3S/c1-22-9-3-10-25(19(22)7-5-17-13-23-14-24-20(17)22)21(27)16-4-6-18-15(12-16)8-11-26(18)30(2,28)29/h4,6,12-14,19H,3,5,7-11H2,1-2H3/t19-,22+/m0/s1. The Bertz CT molecular complexity index is 1130. The predicted octanol–water partition coefficient (Wildman–Crippen LogP) is 2.31. The maximum absolute atomic E-state index is 13.5. The van der Waals surface area contributed by atoms with Gasteiger partial charge in [-0.05, 0) is 61.4 Å². The van der Waals surface area contributed by atoms with Gasteiger partial charge in [-0.2, -0.15) is 0 Å². The van der Waals surface area contributed by atoms with Crippen LogP contribution >= 0.6 is 0 Å². The highest BCUT2D eigenvalue weighted by molar-refractivity contribution is 7.92. The Labute approximate surface area is 177 Å². The van der Waals surface area contributed by atoms with Crippen molar-refractivity contribution in [1.82, 2.24) is 14.9 Å². The number of carbonyl (C=O) groups excluding carboxylic acids is 1. The van der Waals surface area contributed by atoms with Gasteiger partial charge in [0.15, 0.2) is 0 Å². The number of hydrogen-bond acceptors (Lipinski definition) is 5. The molecule has 8 heteroatoms. The zero-order valence-corrected chi connectivity index (χ0v) is 18.2. The second-order valence-corrected chi connectivity index (χ2v) is 10.8. The van der Waals surface area contributed by atoms with E-state index in [0.717, 1.165) is 43.5 Å². The lowest BCUT2D eigenvalue weighted by Gasteiger charge is -2.51. The van der Waals surface area contributed by atoms with E-state index in [4.69, 9.17) is 0 Å². The lowest BCUT2D eigenvalue weighted by molar-refractivity contribution is 0.0379. The van der Waals surface area contributed by atoms with E-state index >= 15 is 0 Å². The third-order valence-electron chi connectivity index (χ3n) is 7.06. The molecule has 0 bridgehead atoms. The number of anilines is 1. The summed E-state index contributed by atoms with van der Waals surface area (Å²) in [6, 6.07) is 5.55. The van der Waals surface area contributed by atoms with Crippen molar-refractivity contribution in [2.24, 2.45) is 0 Å². The minimum Gasteiger partial charge on any atom is -0.335 e. The zero-order valence-electron chi connectivity index (χ0n) is 17.3. The van der Waals surface area contributed by atoms with E-state index in [2.05, 4.69) is 16.9 Å². The highest BCUT2D eigenvalue weighted by Gasteiger charge is 2.48. The van der Waals surface area contributed by atoms with Gasteiger partial charge in [0.2, 0.25) is 10.0 Å². The summed E-state index contributed by atoms with van der Waals surface area (Å²) in [5.74, 6) is 0.0315. The molecule has 1 amide bonds. The highest BCUT2D eigenvalue weighted by atomic mass is 32.2. The Hall–Kier alpha value is -2.48. The van der Waals surface area contributed by atoms with Crippen molar-refractivity contribution in [1.29, 1.82) is 0 Å². The van der Waals surface area contributed by atoms with Gasteiger partial charge in [0.25, 0.3) is 5.91 Å². The Morgan fingerprint density at radius 2 is 2.03 bits per heavy atom. The number of aromatic nitrogens is 2. The smallest absolute Gasteiger partial charge is 0.254 e. The number of likely N-dealkylation sites (tertiary alicyclic amines) is 1. The maximum atomic E-state index is 13.5. The maximum Gasteiger partial charge on any atom is 0.254 e. The first-order valence-electron chi connectivity index (χ1n) is 10.5. The number of hydrogen-bond donors (Lipinski definition) is 0. The van der Waals surface area contributed by atoms with Crippen molar-refractivity contribution in [2.75, 3.05) is 23.7 Å². The van der Waals surface area contributed by atoms with E-state index in [0.29, 0.717) is 24.2 Å². The molecule has 2 atom stereocenters. The van der Waals surface area contributed by atoms with Crippen LogP contribution in [-0.2, 0) is 28.3 Å². The van der Waals surface area contributed by atoms with Crippen LogP contribution in [0.5, 0.6) is 0 Å². The summed E-state index contributed by atoms with van der Waals surface area (Å²) in [6.45, 7) is 3.41. The second kappa shape index (κ2) is 6.77. The van der Waals surface area contributed by atoms with Gasteiger partial charge in [0.05, 0.1) is 17.6 Å². The zero-order chi connectivity index (χ0) is 21.1. The van der Waals surface area contributed by atoms with E-state index in [1.165, 1.54) is 16.1 Å². The summed E-state index contributed by atoms with van der Waals surface area (Å²) in [5, 5.41) is 0. The number of sulfonamides is 1. The van der Waals surface area contributed by atoms with Gasteiger partial charge in [-0.1, -0.05) is 6.92 Å². The summed E-state index contributed by atoms with van der Waals surface area (Å²) in [5.41, 5.74) is 4.39. The van der Waals surface area contributed by atoms with Crippen LogP contribution in [0.25, 0.3) is 0 Å². The van der Waals surface area contributed by atoms with Gasteiger partial charge >= 0.3 is 0 Å². The van der Waals surface area contributed by atoms with Crippen LogP contribution in [0.1, 0.15) is 53.4 Å². The van der Waals surface area contributed by atoms with E-state index in [1.807, 2.05) is 17.2 Å². The van der Waals surface area contributed by atoms with E-state index in [-0.39, 0.29) is 17.4 Å². The topological polar surface area (TPSA) is 83.5 Å². The lowest BCUT2D eigenvalue weighted by atomic mass is 9.65. The summed E-state index contributed by atoms with van der Waals surface area (Å²) >= 11 is 0. The molecule has 1 saturated heterocycles. The van der Waals surface area contributed by atoms with Crippen molar-refractivity contribution in [2.45, 2.75) is 50.5 Å². The van der Waals surface area contributed by atoms with Crippen LogP contribution in [0.4, 0.5) is 5.69 Å². The molecule has 5 rings (SSSR count). The SMILES string of the molecule is C[C@@]12CCCN(C(=O)c3ccc4c(c3)CCN4S(C)(=O)=O)[C@H]1CCc1cncnc12. The van der Waals surface area contributed by atoms with Crippen molar-refractivity contribution in [3.05, 3.63) is 53.1 Å². The van der Waals surface area contributed by atoms with E-state index < -0.39 is 10.0 Å². The number of nitrogens with zero attached hydrogens (tertiary/aromatic N) is 4. The predicted molar refractivity (Wildman–Crippen MR) is 114 cm³/mol. The van der Waals surface area contributed by atoms with E-state index in [9.17, 15) is 13.2 Å². The molecule has 0 saturated carbocycles. The third kappa shape index (κ3) is 2.92. The molecule has 1 fully saturated rings. The summed E-state index contributed by atoms with van der Waals surface area (Å²) in [6.07, 6.45) is 9.13. The summed E-state index contributed by atoms with van der Waals surface area (Å²) < 4.78 is 25.4. The molecule has 1 aliphatic carbocycles. The normalized spacial score (nSPS) is 25.5. The minimum atomic E-state index is -3.30. The molecule has 0 N–H and O–H groups in total. The first-order valence-corrected chi connectivity index (χ1v) is 12.3. The average Bonchev–Trinajstić information content (AvgIpc) is 3.16. The van der Waals surface area contributed by atoms with E-state index in [1.54, 1.807) is 18.5 Å². The fraction of sp³-hybridized carbons (Fsp3) is 0.500.